The second-order valence-electron chi connectivity index (χ2n) is 4.90. The fourth-order valence-corrected chi connectivity index (χ4v) is 2.83. The highest BCUT2D eigenvalue weighted by Crippen LogP contribution is 2.24. The van der Waals surface area contributed by atoms with E-state index < -0.39 is 0 Å². The molecule has 0 bridgehead atoms. The molecule has 1 aromatic rings. The van der Waals surface area contributed by atoms with Crippen LogP contribution in [0, 0.1) is 0 Å². The van der Waals surface area contributed by atoms with Crippen molar-refractivity contribution in [3.63, 3.8) is 0 Å². The van der Waals surface area contributed by atoms with Crippen LogP contribution in [-0.4, -0.2) is 35.6 Å². The molecule has 2 unspecified atom stereocenters. The maximum atomic E-state index is 4.40. The quantitative estimate of drug-likeness (QED) is 0.843. The standard InChI is InChI=1S/C14H23N3/c1-3-15-13-8-6-9-14(13)17(2)11-12-7-4-5-10-16-12/h4-5,7,10,13-15H,3,6,8-9,11H2,1-2H3. The Kier molecular flexibility index (Phi) is 4.51. The molecular formula is C14H23N3. The zero-order valence-corrected chi connectivity index (χ0v) is 10.9. The molecule has 1 heterocycles. The second kappa shape index (κ2) is 6.12. The molecule has 1 saturated carbocycles. The minimum atomic E-state index is 0.661. The molecule has 17 heavy (non-hydrogen) atoms. The van der Waals surface area contributed by atoms with Gasteiger partial charge in [0.25, 0.3) is 0 Å². The van der Waals surface area contributed by atoms with Crippen molar-refractivity contribution in [1.29, 1.82) is 0 Å². The Morgan fingerprint density at radius 3 is 3.00 bits per heavy atom. The van der Waals surface area contributed by atoms with E-state index in [0.29, 0.717) is 12.1 Å². The molecule has 1 aliphatic carbocycles. The highest BCUT2D eigenvalue weighted by Gasteiger charge is 2.29. The van der Waals surface area contributed by atoms with Gasteiger partial charge in [-0.2, -0.15) is 0 Å². The topological polar surface area (TPSA) is 28.2 Å². The predicted octanol–water partition coefficient (Wildman–Crippen LogP) is 2.04. The average molecular weight is 233 g/mol. The zero-order valence-electron chi connectivity index (χ0n) is 10.9. The Morgan fingerprint density at radius 2 is 2.29 bits per heavy atom. The summed E-state index contributed by atoms with van der Waals surface area (Å²) in [6, 6.07) is 7.46. The number of pyridine rings is 1. The first kappa shape index (κ1) is 12.5. The van der Waals surface area contributed by atoms with Crippen LogP contribution in [0.5, 0.6) is 0 Å². The van der Waals surface area contributed by atoms with E-state index in [0.717, 1.165) is 18.8 Å². The molecular weight excluding hydrogens is 210 g/mol. The molecule has 0 aliphatic heterocycles. The van der Waals surface area contributed by atoms with Gasteiger partial charge in [-0.05, 0) is 38.6 Å². The summed E-state index contributed by atoms with van der Waals surface area (Å²) in [4.78, 5) is 6.85. The first-order chi connectivity index (χ1) is 8.31. The number of nitrogens with zero attached hydrogens (tertiary/aromatic N) is 2. The van der Waals surface area contributed by atoms with Gasteiger partial charge in [-0.25, -0.2) is 0 Å². The van der Waals surface area contributed by atoms with Gasteiger partial charge in [-0.3, -0.25) is 9.88 Å². The van der Waals surface area contributed by atoms with Crippen LogP contribution in [0.3, 0.4) is 0 Å². The molecule has 0 radical (unpaired) electrons. The van der Waals surface area contributed by atoms with Crippen molar-refractivity contribution in [2.24, 2.45) is 0 Å². The van der Waals surface area contributed by atoms with Crippen LogP contribution in [0.25, 0.3) is 0 Å². The van der Waals surface area contributed by atoms with Crippen LogP contribution in [0.15, 0.2) is 24.4 Å². The van der Waals surface area contributed by atoms with Crippen molar-refractivity contribution in [1.82, 2.24) is 15.2 Å². The lowest BCUT2D eigenvalue weighted by molar-refractivity contribution is 0.203. The zero-order chi connectivity index (χ0) is 12.1. The van der Waals surface area contributed by atoms with Gasteiger partial charge in [-0.15, -0.1) is 0 Å². The first-order valence-electron chi connectivity index (χ1n) is 6.64. The summed E-state index contributed by atoms with van der Waals surface area (Å²) >= 11 is 0. The normalized spacial score (nSPS) is 24.4. The van der Waals surface area contributed by atoms with Gasteiger partial charge in [0.2, 0.25) is 0 Å². The molecule has 0 saturated heterocycles. The van der Waals surface area contributed by atoms with E-state index in [9.17, 15) is 0 Å². The van der Waals surface area contributed by atoms with Crippen LogP contribution in [0.1, 0.15) is 31.9 Å². The molecule has 1 aromatic heterocycles. The molecule has 2 rings (SSSR count). The Bertz CT molecular complexity index is 325. The van der Waals surface area contributed by atoms with E-state index >= 15 is 0 Å². The summed E-state index contributed by atoms with van der Waals surface area (Å²) in [5, 5.41) is 3.60. The number of hydrogen-bond donors (Lipinski definition) is 1. The lowest BCUT2D eigenvalue weighted by Gasteiger charge is -2.29. The third-order valence-electron chi connectivity index (χ3n) is 3.65. The smallest absolute Gasteiger partial charge is 0.0543 e. The summed E-state index contributed by atoms with van der Waals surface area (Å²) in [5.41, 5.74) is 1.16. The summed E-state index contributed by atoms with van der Waals surface area (Å²) < 4.78 is 0. The monoisotopic (exact) mass is 233 g/mol. The summed E-state index contributed by atoms with van der Waals surface area (Å²) in [6.45, 7) is 4.21. The maximum absolute atomic E-state index is 4.40. The summed E-state index contributed by atoms with van der Waals surface area (Å²) in [5.74, 6) is 0. The number of aromatic nitrogens is 1. The van der Waals surface area contributed by atoms with Crippen molar-refractivity contribution in [3.8, 4) is 0 Å². The number of hydrogen-bond acceptors (Lipinski definition) is 3. The van der Waals surface area contributed by atoms with Crippen LogP contribution in [0.2, 0.25) is 0 Å². The van der Waals surface area contributed by atoms with E-state index in [4.69, 9.17) is 0 Å². The van der Waals surface area contributed by atoms with Crippen LogP contribution in [0.4, 0.5) is 0 Å². The molecule has 3 heteroatoms. The van der Waals surface area contributed by atoms with Crippen LogP contribution in [-0.2, 0) is 6.54 Å². The van der Waals surface area contributed by atoms with Crippen LogP contribution < -0.4 is 5.32 Å². The van der Waals surface area contributed by atoms with E-state index in [1.165, 1.54) is 19.3 Å². The van der Waals surface area contributed by atoms with E-state index in [1.807, 2.05) is 12.3 Å². The van der Waals surface area contributed by atoms with Gasteiger partial charge in [0.15, 0.2) is 0 Å². The third kappa shape index (κ3) is 3.27. The molecule has 2 atom stereocenters. The van der Waals surface area contributed by atoms with Crippen molar-refractivity contribution in [3.05, 3.63) is 30.1 Å². The van der Waals surface area contributed by atoms with Crippen molar-refractivity contribution in [2.75, 3.05) is 13.6 Å². The molecule has 94 valence electrons. The van der Waals surface area contributed by atoms with E-state index in [2.05, 4.69) is 41.3 Å². The molecule has 3 nitrogen and oxygen atoms in total. The minimum Gasteiger partial charge on any atom is -0.313 e. The largest absolute Gasteiger partial charge is 0.313 e. The predicted molar refractivity (Wildman–Crippen MR) is 70.8 cm³/mol. The lowest BCUT2D eigenvalue weighted by Crippen LogP contribution is -2.44. The summed E-state index contributed by atoms with van der Waals surface area (Å²) in [7, 11) is 2.22. The number of rotatable bonds is 5. The number of likely N-dealkylation sites (N-methyl/N-ethyl adjacent to an activating group) is 2. The second-order valence-corrected chi connectivity index (χ2v) is 4.90. The Morgan fingerprint density at radius 1 is 1.41 bits per heavy atom. The highest BCUT2D eigenvalue weighted by molar-refractivity contribution is 5.04. The van der Waals surface area contributed by atoms with Crippen molar-refractivity contribution >= 4 is 0 Å². The average Bonchev–Trinajstić information content (AvgIpc) is 2.79. The van der Waals surface area contributed by atoms with Gasteiger partial charge >= 0.3 is 0 Å². The molecule has 1 aliphatic rings. The minimum absolute atomic E-state index is 0.661. The molecule has 1 fully saturated rings. The molecule has 0 spiro atoms. The van der Waals surface area contributed by atoms with Crippen molar-refractivity contribution < 1.29 is 0 Å². The number of nitrogens with one attached hydrogen (secondary N) is 1. The highest BCUT2D eigenvalue weighted by atomic mass is 15.2. The van der Waals surface area contributed by atoms with Crippen LogP contribution >= 0.6 is 0 Å². The van der Waals surface area contributed by atoms with Gasteiger partial charge < -0.3 is 5.32 Å². The van der Waals surface area contributed by atoms with E-state index in [1.54, 1.807) is 0 Å². The maximum Gasteiger partial charge on any atom is 0.0543 e. The Hall–Kier alpha value is -0.930. The fourth-order valence-electron chi connectivity index (χ4n) is 2.83. The summed E-state index contributed by atoms with van der Waals surface area (Å²) in [6.07, 6.45) is 5.83. The molecule has 0 amide bonds. The molecule has 1 N–H and O–H groups in total. The SMILES string of the molecule is CCNC1CCCC1N(C)Cc1ccccn1. The Balaban J connectivity index is 1.93. The van der Waals surface area contributed by atoms with Crippen molar-refractivity contribution in [2.45, 2.75) is 44.8 Å². The third-order valence-corrected chi connectivity index (χ3v) is 3.65. The van der Waals surface area contributed by atoms with Gasteiger partial charge in [0.05, 0.1) is 5.69 Å². The first-order valence-corrected chi connectivity index (χ1v) is 6.64. The fraction of sp³-hybridized carbons (Fsp3) is 0.643. The van der Waals surface area contributed by atoms with E-state index in [-0.39, 0.29) is 0 Å². The lowest BCUT2D eigenvalue weighted by atomic mass is 10.1. The van der Waals surface area contributed by atoms with Gasteiger partial charge in [-0.1, -0.05) is 19.4 Å². The van der Waals surface area contributed by atoms with Gasteiger partial charge in [0, 0.05) is 24.8 Å². The van der Waals surface area contributed by atoms with Gasteiger partial charge in [0.1, 0.15) is 0 Å². The Labute approximate surface area is 104 Å². The molecule has 0 aromatic carbocycles.